The zero-order valence-electron chi connectivity index (χ0n) is 11.8. The normalized spacial score (nSPS) is 23.6. The van der Waals surface area contributed by atoms with Crippen molar-refractivity contribution in [2.24, 2.45) is 5.92 Å². The Hall–Kier alpha value is -1.26. The first-order chi connectivity index (χ1) is 9.52. The highest BCUT2D eigenvalue weighted by molar-refractivity contribution is 6.31. The third kappa shape index (κ3) is 3.25. The minimum Gasteiger partial charge on any atom is -0.496 e. The summed E-state index contributed by atoms with van der Waals surface area (Å²) in [4.78, 5) is 13.3. The van der Waals surface area contributed by atoms with Gasteiger partial charge in [0.2, 0.25) is 0 Å². The number of nitrogens with zero attached hydrogens (tertiary/aromatic N) is 1. The molecule has 0 saturated carbocycles. The predicted molar refractivity (Wildman–Crippen MR) is 78.2 cm³/mol. The van der Waals surface area contributed by atoms with E-state index in [1.165, 1.54) is 0 Å². The summed E-state index contributed by atoms with van der Waals surface area (Å²) in [5, 5.41) is 9.79. The van der Waals surface area contributed by atoms with Crippen molar-refractivity contribution in [3.63, 3.8) is 0 Å². The molecule has 0 radical (unpaired) electrons. The molecule has 1 N–H and O–H groups in total. The molecule has 1 aromatic rings. The second-order valence-corrected chi connectivity index (χ2v) is 5.71. The molecule has 2 unspecified atom stereocenters. The van der Waals surface area contributed by atoms with Gasteiger partial charge in [0.05, 0.1) is 13.0 Å². The summed E-state index contributed by atoms with van der Waals surface area (Å²) >= 11 is 6.25. The lowest BCUT2D eigenvalue weighted by atomic mass is 9.91. The zero-order valence-corrected chi connectivity index (χ0v) is 12.6. The quantitative estimate of drug-likeness (QED) is 0.928. The number of carboxylic acid groups (broad SMARTS) is 1. The summed E-state index contributed by atoms with van der Waals surface area (Å²) in [6.07, 6.45) is 1.37. The first kappa shape index (κ1) is 15.1. The van der Waals surface area contributed by atoms with Gasteiger partial charge < -0.3 is 9.84 Å². The lowest BCUT2D eigenvalue weighted by Gasteiger charge is -2.36. The molecule has 4 nitrogen and oxygen atoms in total. The number of carboxylic acids is 1. The van der Waals surface area contributed by atoms with Gasteiger partial charge in [0.25, 0.3) is 0 Å². The molecule has 2 atom stereocenters. The fourth-order valence-corrected chi connectivity index (χ4v) is 2.99. The van der Waals surface area contributed by atoms with Gasteiger partial charge in [0.15, 0.2) is 0 Å². The average molecular weight is 298 g/mol. The smallest absolute Gasteiger partial charge is 0.306 e. The fraction of sp³-hybridized carbons (Fsp3) is 0.533. The Morgan fingerprint density at radius 1 is 1.55 bits per heavy atom. The van der Waals surface area contributed by atoms with Gasteiger partial charge in [-0.1, -0.05) is 17.7 Å². The van der Waals surface area contributed by atoms with E-state index in [4.69, 9.17) is 21.4 Å². The molecule has 20 heavy (non-hydrogen) atoms. The highest BCUT2D eigenvalue weighted by atomic mass is 35.5. The number of carbonyl (C=O) groups is 1. The number of benzene rings is 1. The predicted octanol–water partition coefficient (Wildman–Crippen LogP) is 3.03. The molecule has 110 valence electrons. The molecule has 1 aliphatic heterocycles. The van der Waals surface area contributed by atoms with Crippen molar-refractivity contribution >= 4 is 17.6 Å². The maximum Gasteiger partial charge on any atom is 0.306 e. The summed E-state index contributed by atoms with van der Waals surface area (Å²) in [5.41, 5.74) is 0.970. The van der Waals surface area contributed by atoms with Gasteiger partial charge in [0.1, 0.15) is 5.75 Å². The monoisotopic (exact) mass is 297 g/mol. The first-order valence-corrected chi connectivity index (χ1v) is 7.19. The highest BCUT2D eigenvalue weighted by Gasteiger charge is 2.30. The molecule has 1 aliphatic rings. The van der Waals surface area contributed by atoms with Gasteiger partial charge in [-0.25, -0.2) is 0 Å². The number of piperidine rings is 1. The Morgan fingerprint density at radius 3 is 2.90 bits per heavy atom. The van der Waals surface area contributed by atoms with E-state index in [-0.39, 0.29) is 12.0 Å². The van der Waals surface area contributed by atoms with Crippen LogP contribution >= 0.6 is 11.6 Å². The standard InChI is InChI=1S/C15H20ClNO3/c1-10-8-11(15(18)19)6-7-17(10)9-12-13(16)4-3-5-14(12)20-2/h3-5,10-11H,6-9H2,1-2H3,(H,18,19). The van der Waals surface area contributed by atoms with Gasteiger partial charge in [-0.05, 0) is 38.4 Å². The van der Waals surface area contributed by atoms with Crippen molar-refractivity contribution in [2.75, 3.05) is 13.7 Å². The van der Waals surface area contributed by atoms with Crippen LogP contribution in [0.5, 0.6) is 5.75 Å². The maximum atomic E-state index is 11.1. The molecular weight excluding hydrogens is 278 g/mol. The first-order valence-electron chi connectivity index (χ1n) is 6.81. The SMILES string of the molecule is COc1cccc(Cl)c1CN1CCC(C(=O)O)CC1C. The molecule has 1 fully saturated rings. The molecule has 2 rings (SSSR count). The number of hydrogen-bond donors (Lipinski definition) is 1. The molecule has 5 heteroatoms. The number of ether oxygens (including phenoxy) is 1. The fourth-order valence-electron chi connectivity index (χ4n) is 2.77. The Morgan fingerprint density at radius 2 is 2.30 bits per heavy atom. The van der Waals surface area contributed by atoms with E-state index >= 15 is 0 Å². The Labute approximate surface area is 124 Å². The average Bonchev–Trinajstić information content (AvgIpc) is 2.42. The molecule has 0 amide bonds. The van der Waals surface area contributed by atoms with E-state index in [9.17, 15) is 4.79 Å². The van der Waals surface area contributed by atoms with Crippen LogP contribution in [0.2, 0.25) is 5.02 Å². The number of likely N-dealkylation sites (tertiary alicyclic amines) is 1. The Bertz CT molecular complexity index is 492. The van der Waals surface area contributed by atoms with Crippen LogP contribution in [0.15, 0.2) is 18.2 Å². The van der Waals surface area contributed by atoms with Gasteiger partial charge in [-0.3, -0.25) is 9.69 Å². The molecule has 0 aliphatic carbocycles. The largest absolute Gasteiger partial charge is 0.496 e. The number of methoxy groups -OCH3 is 1. The molecule has 0 spiro atoms. The lowest BCUT2D eigenvalue weighted by molar-refractivity contribution is -0.144. The minimum atomic E-state index is -0.688. The molecule has 0 aromatic heterocycles. The number of aliphatic carboxylic acids is 1. The van der Waals surface area contributed by atoms with Crippen molar-refractivity contribution < 1.29 is 14.6 Å². The molecular formula is C15H20ClNO3. The van der Waals surface area contributed by atoms with Gasteiger partial charge in [0, 0.05) is 23.2 Å². The second-order valence-electron chi connectivity index (χ2n) is 5.30. The van der Waals surface area contributed by atoms with Crippen molar-refractivity contribution in [2.45, 2.75) is 32.4 Å². The number of halogens is 1. The summed E-state index contributed by atoms with van der Waals surface area (Å²) in [5.74, 6) is -0.133. The second kappa shape index (κ2) is 6.46. The molecule has 0 bridgehead atoms. The van der Waals surface area contributed by atoms with Crippen LogP contribution in [0.1, 0.15) is 25.3 Å². The van der Waals surface area contributed by atoms with E-state index in [1.807, 2.05) is 18.2 Å². The lowest BCUT2D eigenvalue weighted by Crippen LogP contribution is -2.42. The third-order valence-electron chi connectivity index (χ3n) is 4.02. The van der Waals surface area contributed by atoms with Crippen LogP contribution in [0, 0.1) is 5.92 Å². The van der Waals surface area contributed by atoms with Gasteiger partial charge in [-0.2, -0.15) is 0 Å². The van der Waals surface area contributed by atoms with Crippen LogP contribution in [0.25, 0.3) is 0 Å². The van der Waals surface area contributed by atoms with E-state index in [0.29, 0.717) is 24.4 Å². The van der Waals surface area contributed by atoms with Crippen molar-refractivity contribution in [3.8, 4) is 5.75 Å². The van der Waals surface area contributed by atoms with E-state index < -0.39 is 5.97 Å². The molecule has 1 heterocycles. The summed E-state index contributed by atoms with van der Waals surface area (Å²) in [6.45, 7) is 3.53. The summed E-state index contributed by atoms with van der Waals surface area (Å²) in [6, 6.07) is 5.85. The van der Waals surface area contributed by atoms with Crippen molar-refractivity contribution in [1.29, 1.82) is 0 Å². The topological polar surface area (TPSA) is 49.8 Å². The molecule has 1 aromatic carbocycles. The highest BCUT2D eigenvalue weighted by Crippen LogP contribution is 2.31. The van der Waals surface area contributed by atoms with Gasteiger partial charge >= 0.3 is 5.97 Å². The Kier molecular flexibility index (Phi) is 4.89. The zero-order chi connectivity index (χ0) is 14.7. The summed E-state index contributed by atoms with van der Waals surface area (Å²) < 4.78 is 5.36. The van der Waals surface area contributed by atoms with E-state index in [1.54, 1.807) is 7.11 Å². The van der Waals surface area contributed by atoms with Crippen LogP contribution < -0.4 is 4.74 Å². The minimum absolute atomic E-state index is 0.227. The number of rotatable bonds is 4. The van der Waals surface area contributed by atoms with Crippen LogP contribution in [0.3, 0.4) is 0 Å². The summed E-state index contributed by atoms with van der Waals surface area (Å²) in [7, 11) is 1.63. The van der Waals surface area contributed by atoms with Crippen LogP contribution in [-0.2, 0) is 11.3 Å². The van der Waals surface area contributed by atoms with Crippen molar-refractivity contribution in [3.05, 3.63) is 28.8 Å². The maximum absolute atomic E-state index is 11.1. The van der Waals surface area contributed by atoms with Gasteiger partial charge in [-0.15, -0.1) is 0 Å². The van der Waals surface area contributed by atoms with Crippen LogP contribution in [-0.4, -0.2) is 35.7 Å². The third-order valence-corrected chi connectivity index (χ3v) is 4.37. The molecule has 1 saturated heterocycles. The van der Waals surface area contributed by atoms with E-state index in [0.717, 1.165) is 17.9 Å². The Balaban J connectivity index is 2.10. The van der Waals surface area contributed by atoms with E-state index in [2.05, 4.69) is 11.8 Å². The van der Waals surface area contributed by atoms with Crippen molar-refractivity contribution in [1.82, 2.24) is 4.90 Å². The van der Waals surface area contributed by atoms with Crippen LogP contribution in [0.4, 0.5) is 0 Å². The number of hydrogen-bond acceptors (Lipinski definition) is 3.